The van der Waals surface area contributed by atoms with Gasteiger partial charge in [-0.05, 0) is 50.9 Å². The molecule has 0 aromatic rings. The van der Waals surface area contributed by atoms with Gasteiger partial charge in [0.05, 0.1) is 12.5 Å². The van der Waals surface area contributed by atoms with Crippen molar-refractivity contribution >= 4 is 11.9 Å². The van der Waals surface area contributed by atoms with Gasteiger partial charge in [-0.15, -0.1) is 0 Å². The van der Waals surface area contributed by atoms with Crippen LogP contribution in [0.25, 0.3) is 0 Å². The van der Waals surface area contributed by atoms with Crippen molar-refractivity contribution in [2.45, 2.75) is 65.9 Å². The summed E-state index contributed by atoms with van der Waals surface area (Å²) in [5.41, 5.74) is 0.437. The van der Waals surface area contributed by atoms with E-state index >= 15 is 0 Å². The Morgan fingerprint density at radius 1 is 1.18 bits per heavy atom. The number of carbonyl (C=O) groups is 2. The summed E-state index contributed by atoms with van der Waals surface area (Å²) >= 11 is 0. The van der Waals surface area contributed by atoms with Crippen LogP contribution in [0.1, 0.15) is 59.8 Å². The van der Waals surface area contributed by atoms with E-state index in [0.29, 0.717) is 12.2 Å². The van der Waals surface area contributed by atoms with E-state index in [0.717, 1.165) is 25.7 Å². The van der Waals surface area contributed by atoms with Crippen molar-refractivity contribution in [1.29, 1.82) is 0 Å². The number of allylic oxidation sites excluding steroid dienone is 1. The van der Waals surface area contributed by atoms with Crippen LogP contribution in [0.2, 0.25) is 0 Å². The van der Waals surface area contributed by atoms with Crippen molar-refractivity contribution in [2.24, 2.45) is 17.3 Å². The van der Waals surface area contributed by atoms with Gasteiger partial charge in [-0.25, -0.2) is 4.79 Å². The maximum Gasteiger partial charge on any atom is 0.333 e. The van der Waals surface area contributed by atoms with Crippen LogP contribution in [-0.2, 0) is 19.1 Å². The molecule has 22 heavy (non-hydrogen) atoms. The van der Waals surface area contributed by atoms with Gasteiger partial charge in [-0.2, -0.15) is 0 Å². The van der Waals surface area contributed by atoms with E-state index in [1.165, 1.54) is 6.42 Å². The number of hydrogen-bond donors (Lipinski definition) is 0. The molecule has 0 aliphatic heterocycles. The minimum absolute atomic E-state index is 0.0630. The molecule has 0 saturated heterocycles. The predicted molar refractivity (Wildman–Crippen MR) is 84.1 cm³/mol. The van der Waals surface area contributed by atoms with E-state index in [1.54, 1.807) is 13.8 Å². The fourth-order valence-corrected chi connectivity index (χ4v) is 3.44. The lowest BCUT2D eigenvalue weighted by atomic mass is 9.98. The van der Waals surface area contributed by atoms with Crippen LogP contribution in [0.4, 0.5) is 0 Å². The molecule has 2 aliphatic rings. The van der Waals surface area contributed by atoms with Gasteiger partial charge in [-0.3, -0.25) is 4.79 Å². The first-order valence-corrected chi connectivity index (χ1v) is 8.44. The number of hydrogen-bond acceptors (Lipinski definition) is 4. The normalized spacial score (nSPS) is 28.1. The molecule has 2 fully saturated rings. The maximum absolute atomic E-state index is 12.4. The van der Waals surface area contributed by atoms with Gasteiger partial charge in [0.1, 0.15) is 6.10 Å². The van der Waals surface area contributed by atoms with E-state index in [1.807, 2.05) is 6.08 Å². The number of rotatable bonds is 5. The number of esters is 2. The zero-order chi connectivity index (χ0) is 16.3. The Morgan fingerprint density at radius 2 is 1.82 bits per heavy atom. The van der Waals surface area contributed by atoms with Gasteiger partial charge < -0.3 is 9.47 Å². The lowest BCUT2D eigenvalue weighted by Gasteiger charge is -2.22. The Bertz CT molecular complexity index is 458. The topological polar surface area (TPSA) is 52.6 Å². The van der Waals surface area contributed by atoms with Gasteiger partial charge in [-0.1, -0.05) is 26.3 Å². The van der Waals surface area contributed by atoms with Gasteiger partial charge in [0.2, 0.25) is 0 Å². The minimum Gasteiger partial charge on any atom is -0.463 e. The molecular weight excluding hydrogens is 280 g/mol. The van der Waals surface area contributed by atoms with Crippen molar-refractivity contribution in [3.63, 3.8) is 0 Å². The third-order valence-corrected chi connectivity index (χ3v) is 5.03. The molecular formula is C18H28O4. The molecule has 0 radical (unpaired) electrons. The standard InChI is InChI=1S/C18H28O4/c1-5-21-16(19)12(2)11-14-15(18(14,3)4)17(20)22-13-9-7-6-8-10-13/h11,13-15H,5-10H2,1-4H3/b12-11+. The van der Waals surface area contributed by atoms with Crippen LogP contribution in [0.5, 0.6) is 0 Å². The van der Waals surface area contributed by atoms with E-state index in [-0.39, 0.29) is 35.3 Å². The second kappa shape index (κ2) is 6.84. The van der Waals surface area contributed by atoms with Gasteiger partial charge in [0.25, 0.3) is 0 Å². The summed E-state index contributed by atoms with van der Waals surface area (Å²) in [6.07, 6.45) is 7.49. The highest BCUT2D eigenvalue weighted by Crippen LogP contribution is 2.60. The van der Waals surface area contributed by atoms with E-state index in [9.17, 15) is 9.59 Å². The van der Waals surface area contributed by atoms with Crippen LogP contribution in [0.15, 0.2) is 11.6 Å². The quantitative estimate of drug-likeness (QED) is 0.575. The van der Waals surface area contributed by atoms with Crippen molar-refractivity contribution in [3.8, 4) is 0 Å². The fraction of sp³-hybridized carbons (Fsp3) is 0.778. The van der Waals surface area contributed by atoms with Gasteiger partial charge in [0.15, 0.2) is 0 Å². The first-order chi connectivity index (χ1) is 10.4. The van der Waals surface area contributed by atoms with Crippen LogP contribution in [0, 0.1) is 17.3 Å². The molecule has 0 heterocycles. The summed E-state index contributed by atoms with van der Waals surface area (Å²) in [6, 6.07) is 0. The first kappa shape index (κ1) is 17.0. The SMILES string of the molecule is CCOC(=O)/C(C)=C/C1C(C(=O)OC2CCCCC2)C1(C)C. The second-order valence-corrected chi connectivity index (χ2v) is 7.09. The molecule has 0 bridgehead atoms. The van der Waals surface area contributed by atoms with E-state index < -0.39 is 0 Å². The molecule has 2 saturated carbocycles. The monoisotopic (exact) mass is 308 g/mol. The zero-order valence-electron chi connectivity index (χ0n) is 14.2. The predicted octanol–water partition coefficient (Wildman–Crippen LogP) is 3.64. The molecule has 4 heteroatoms. The molecule has 124 valence electrons. The highest BCUT2D eigenvalue weighted by atomic mass is 16.5. The van der Waals surface area contributed by atoms with Crippen molar-refractivity contribution in [1.82, 2.24) is 0 Å². The van der Waals surface area contributed by atoms with E-state index in [2.05, 4.69) is 13.8 Å². The lowest BCUT2D eigenvalue weighted by Crippen LogP contribution is -2.23. The minimum atomic E-state index is -0.301. The zero-order valence-corrected chi connectivity index (χ0v) is 14.2. The average molecular weight is 308 g/mol. The number of ether oxygens (including phenoxy) is 2. The van der Waals surface area contributed by atoms with Crippen LogP contribution < -0.4 is 0 Å². The highest BCUT2D eigenvalue weighted by Gasteiger charge is 2.61. The van der Waals surface area contributed by atoms with Gasteiger partial charge in [0, 0.05) is 5.57 Å². The van der Waals surface area contributed by atoms with Crippen LogP contribution >= 0.6 is 0 Å². The molecule has 2 atom stereocenters. The largest absolute Gasteiger partial charge is 0.463 e. The Morgan fingerprint density at radius 3 is 2.41 bits per heavy atom. The molecule has 2 rings (SSSR count). The van der Waals surface area contributed by atoms with Crippen molar-refractivity contribution < 1.29 is 19.1 Å². The number of carbonyl (C=O) groups excluding carboxylic acids is 2. The van der Waals surface area contributed by atoms with Gasteiger partial charge >= 0.3 is 11.9 Å². The molecule has 0 amide bonds. The Hall–Kier alpha value is -1.32. The van der Waals surface area contributed by atoms with Crippen molar-refractivity contribution in [3.05, 3.63) is 11.6 Å². The molecule has 0 aromatic heterocycles. The highest BCUT2D eigenvalue weighted by molar-refractivity contribution is 5.88. The summed E-state index contributed by atoms with van der Waals surface area (Å²) in [5.74, 6) is -0.480. The Balaban J connectivity index is 1.95. The summed E-state index contributed by atoms with van der Waals surface area (Å²) in [7, 11) is 0. The fourth-order valence-electron chi connectivity index (χ4n) is 3.44. The summed E-state index contributed by atoms with van der Waals surface area (Å²) in [4.78, 5) is 24.1. The van der Waals surface area contributed by atoms with Crippen LogP contribution in [0.3, 0.4) is 0 Å². The van der Waals surface area contributed by atoms with Crippen LogP contribution in [-0.4, -0.2) is 24.6 Å². The summed E-state index contributed by atoms with van der Waals surface area (Å²) in [6.45, 7) is 8.01. The lowest BCUT2D eigenvalue weighted by molar-refractivity contribution is -0.153. The average Bonchev–Trinajstić information content (AvgIpc) is 3.01. The molecule has 0 aromatic carbocycles. The molecule has 0 spiro atoms. The summed E-state index contributed by atoms with van der Waals surface area (Å²) < 4.78 is 10.7. The maximum atomic E-state index is 12.4. The third-order valence-electron chi connectivity index (χ3n) is 5.03. The smallest absolute Gasteiger partial charge is 0.333 e. The molecule has 0 N–H and O–H groups in total. The Labute approximate surface area is 133 Å². The third kappa shape index (κ3) is 3.71. The second-order valence-electron chi connectivity index (χ2n) is 7.09. The molecule has 4 nitrogen and oxygen atoms in total. The first-order valence-electron chi connectivity index (χ1n) is 8.44. The Kier molecular flexibility index (Phi) is 5.30. The molecule has 2 unspecified atom stereocenters. The van der Waals surface area contributed by atoms with Crippen molar-refractivity contribution in [2.75, 3.05) is 6.61 Å². The summed E-state index contributed by atoms with van der Waals surface area (Å²) in [5, 5.41) is 0. The molecule has 2 aliphatic carbocycles. The van der Waals surface area contributed by atoms with E-state index in [4.69, 9.17) is 9.47 Å².